The summed E-state index contributed by atoms with van der Waals surface area (Å²) in [6.45, 7) is 2.38. The van der Waals surface area contributed by atoms with E-state index in [4.69, 9.17) is 5.73 Å². The molecule has 1 aromatic rings. The summed E-state index contributed by atoms with van der Waals surface area (Å²) in [5.41, 5.74) is 6.85. The first-order valence-corrected chi connectivity index (χ1v) is 9.36. The SMILES string of the molecule is CCc1cccc(S(=O)(=O)NC(CN)C2CCCCC2)c1. The molecule has 0 bridgehead atoms. The molecule has 1 aromatic carbocycles. The van der Waals surface area contributed by atoms with Gasteiger partial charge < -0.3 is 5.73 Å². The van der Waals surface area contributed by atoms with Gasteiger partial charge in [-0.2, -0.15) is 0 Å². The van der Waals surface area contributed by atoms with Crippen molar-refractivity contribution in [3.8, 4) is 0 Å². The van der Waals surface area contributed by atoms with Crippen molar-refractivity contribution in [2.45, 2.75) is 56.4 Å². The van der Waals surface area contributed by atoms with Crippen LogP contribution in [0.4, 0.5) is 0 Å². The molecule has 5 heteroatoms. The minimum Gasteiger partial charge on any atom is -0.329 e. The molecule has 0 saturated heterocycles. The molecule has 4 nitrogen and oxygen atoms in total. The predicted molar refractivity (Wildman–Crippen MR) is 85.6 cm³/mol. The summed E-state index contributed by atoms with van der Waals surface area (Å²) in [6.07, 6.45) is 6.56. The monoisotopic (exact) mass is 310 g/mol. The Balaban J connectivity index is 2.14. The van der Waals surface area contributed by atoms with Gasteiger partial charge in [0.2, 0.25) is 10.0 Å². The molecule has 1 aliphatic rings. The van der Waals surface area contributed by atoms with E-state index in [0.717, 1.165) is 24.8 Å². The van der Waals surface area contributed by atoms with E-state index in [9.17, 15) is 8.42 Å². The number of hydrogen-bond acceptors (Lipinski definition) is 3. The Morgan fingerprint density at radius 3 is 2.62 bits per heavy atom. The van der Waals surface area contributed by atoms with Crippen molar-refractivity contribution in [1.82, 2.24) is 4.72 Å². The molecular formula is C16H26N2O2S. The third-order valence-corrected chi connectivity index (χ3v) is 5.88. The number of rotatable bonds is 6. The highest BCUT2D eigenvalue weighted by Crippen LogP contribution is 2.27. The molecule has 1 atom stereocenters. The van der Waals surface area contributed by atoms with Crippen LogP contribution in [0.1, 0.15) is 44.6 Å². The molecular weight excluding hydrogens is 284 g/mol. The fraction of sp³-hybridized carbons (Fsp3) is 0.625. The standard InChI is InChI=1S/C16H26N2O2S/c1-2-13-7-6-10-15(11-13)21(19,20)18-16(12-17)14-8-4-3-5-9-14/h6-7,10-11,14,16,18H,2-5,8-9,12,17H2,1H3. The number of nitrogens with two attached hydrogens (primary N) is 1. The summed E-state index contributed by atoms with van der Waals surface area (Å²) >= 11 is 0. The Kier molecular flexibility index (Phi) is 5.79. The van der Waals surface area contributed by atoms with Crippen LogP contribution in [0.25, 0.3) is 0 Å². The molecule has 0 radical (unpaired) electrons. The first-order chi connectivity index (χ1) is 10.1. The van der Waals surface area contributed by atoms with Crippen molar-refractivity contribution < 1.29 is 8.42 Å². The zero-order chi connectivity index (χ0) is 15.3. The maximum Gasteiger partial charge on any atom is 0.240 e. The smallest absolute Gasteiger partial charge is 0.240 e. The van der Waals surface area contributed by atoms with Crippen molar-refractivity contribution in [1.29, 1.82) is 0 Å². The zero-order valence-electron chi connectivity index (χ0n) is 12.7. The van der Waals surface area contributed by atoms with E-state index in [-0.39, 0.29) is 6.04 Å². The Morgan fingerprint density at radius 2 is 2.00 bits per heavy atom. The molecule has 21 heavy (non-hydrogen) atoms. The first-order valence-electron chi connectivity index (χ1n) is 7.88. The van der Waals surface area contributed by atoms with Crippen LogP contribution in [0.5, 0.6) is 0 Å². The molecule has 118 valence electrons. The lowest BCUT2D eigenvalue weighted by Crippen LogP contribution is -2.45. The molecule has 3 N–H and O–H groups in total. The van der Waals surface area contributed by atoms with Crippen LogP contribution >= 0.6 is 0 Å². The lowest BCUT2D eigenvalue weighted by atomic mass is 9.84. The summed E-state index contributed by atoms with van der Waals surface area (Å²) in [6, 6.07) is 6.99. The van der Waals surface area contributed by atoms with E-state index in [1.54, 1.807) is 18.2 Å². The normalized spacial score (nSPS) is 18.6. The van der Waals surface area contributed by atoms with Gasteiger partial charge in [-0.05, 0) is 42.9 Å². The maximum atomic E-state index is 12.5. The number of hydrogen-bond donors (Lipinski definition) is 2. The average Bonchev–Trinajstić information content (AvgIpc) is 2.53. The number of aryl methyl sites for hydroxylation is 1. The van der Waals surface area contributed by atoms with Gasteiger partial charge in [-0.15, -0.1) is 0 Å². The zero-order valence-corrected chi connectivity index (χ0v) is 13.5. The summed E-state index contributed by atoms with van der Waals surface area (Å²) < 4.78 is 27.9. The minimum atomic E-state index is -3.48. The summed E-state index contributed by atoms with van der Waals surface area (Å²) in [4.78, 5) is 0.344. The van der Waals surface area contributed by atoms with E-state index in [1.807, 2.05) is 13.0 Å². The highest BCUT2D eigenvalue weighted by atomic mass is 32.2. The van der Waals surface area contributed by atoms with E-state index in [0.29, 0.717) is 17.4 Å². The summed E-state index contributed by atoms with van der Waals surface area (Å²) in [5.74, 6) is 0.368. The number of nitrogens with one attached hydrogen (secondary N) is 1. The van der Waals surface area contributed by atoms with Gasteiger partial charge in [0.15, 0.2) is 0 Å². The van der Waals surface area contributed by atoms with Gasteiger partial charge in [-0.3, -0.25) is 0 Å². The van der Waals surface area contributed by atoms with E-state index >= 15 is 0 Å². The average molecular weight is 310 g/mol. The van der Waals surface area contributed by atoms with E-state index in [1.165, 1.54) is 19.3 Å². The van der Waals surface area contributed by atoms with Gasteiger partial charge in [-0.25, -0.2) is 13.1 Å². The number of sulfonamides is 1. The molecule has 0 aliphatic heterocycles. The molecule has 2 rings (SSSR count). The van der Waals surface area contributed by atoms with E-state index < -0.39 is 10.0 Å². The molecule has 0 heterocycles. The maximum absolute atomic E-state index is 12.5. The van der Waals surface area contributed by atoms with Gasteiger partial charge in [0.05, 0.1) is 4.90 Å². The van der Waals surface area contributed by atoms with Crippen LogP contribution in [0.2, 0.25) is 0 Å². The Bertz CT molecular complexity index is 551. The molecule has 0 amide bonds. The Morgan fingerprint density at radius 1 is 1.29 bits per heavy atom. The summed E-state index contributed by atoms with van der Waals surface area (Å²) in [5, 5.41) is 0. The lowest BCUT2D eigenvalue weighted by Gasteiger charge is -2.29. The van der Waals surface area contributed by atoms with Gasteiger partial charge in [0.1, 0.15) is 0 Å². The van der Waals surface area contributed by atoms with Crippen LogP contribution in [0, 0.1) is 5.92 Å². The molecule has 1 saturated carbocycles. The predicted octanol–water partition coefficient (Wildman–Crippen LogP) is 2.43. The molecule has 1 aliphatic carbocycles. The molecule has 0 spiro atoms. The van der Waals surface area contributed by atoms with Crippen LogP contribution in [-0.4, -0.2) is 21.0 Å². The molecule has 1 unspecified atom stereocenters. The third kappa shape index (κ3) is 4.28. The van der Waals surface area contributed by atoms with Gasteiger partial charge in [0.25, 0.3) is 0 Å². The Hall–Kier alpha value is -0.910. The summed E-state index contributed by atoms with van der Waals surface area (Å²) in [7, 11) is -3.48. The Labute approximate surface area is 128 Å². The molecule has 0 aromatic heterocycles. The van der Waals surface area contributed by atoms with Crippen LogP contribution in [-0.2, 0) is 16.4 Å². The second-order valence-electron chi connectivity index (χ2n) is 5.86. The topological polar surface area (TPSA) is 72.2 Å². The van der Waals surface area contributed by atoms with Crippen molar-refractivity contribution in [3.63, 3.8) is 0 Å². The van der Waals surface area contributed by atoms with Crippen LogP contribution in [0.15, 0.2) is 29.2 Å². The van der Waals surface area contributed by atoms with Gasteiger partial charge in [-0.1, -0.05) is 38.3 Å². The highest BCUT2D eigenvalue weighted by Gasteiger charge is 2.27. The minimum absolute atomic E-state index is 0.152. The van der Waals surface area contributed by atoms with Crippen molar-refractivity contribution in [2.75, 3.05) is 6.54 Å². The number of benzene rings is 1. The lowest BCUT2D eigenvalue weighted by molar-refractivity contribution is 0.294. The quantitative estimate of drug-likeness (QED) is 0.847. The first kappa shape index (κ1) is 16.5. The largest absolute Gasteiger partial charge is 0.329 e. The fourth-order valence-electron chi connectivity index (χ4n) is 3.07. The molecule has 1 fully saturated rings. The van der Waals surface area contributed by atoms with Crippen LogP contribution in [0.3, 0.4) is 0 Å². The van der Waals surface area contributed by atoms with Gasteiger partial charge in [0, 0.05) is 12.6 Å². The van der Waals surface area contributed by atoms with Crippen LogP contribution < -0.4 is 10.5 Å². The second-order valence-corrected chi connectivity index (χ2v) is 7.58. The second kappa shape index (κ2) is 7.38. The van der Waals surface area contributed by atoms with Crippen molar-refractivity contribution >= 4 is 10.0 Å². The van der Waals surface area contributed by atoms with Crippen molar-refractivity contribution in [3.05, 3.63) is 29.8 Å². The van der Waals surface area contributed by atoms with Crippen molar-refractivity contribution in [2.24, 2.45) is 11.7 Å². The van der Waals surface area contributed by atoms with E-state index in [2.05, 4.69) is 4.72 Å². The highest BCUT2D eigenvalue weighted by molar-refractivity contribution is 7.89. The fourth-order valence-corrected chi connectivity index (χ4v) is 4.46. The third-order valence-electron chi connectivity index (χ3n) is 4.40. The van der Waals surface area contributed by atoms with Gasteiger partial charge >= 0.3 is 0 Å².